The highest BCUT2D eigenvalue weighted by atomic mass is 32.2. The summed E-state index contributed by atoms with van der Waals surface area (Å²) in [5.74, 6) is 0.926. The summed E-state index contributed by atoms with van der Waals surface area (Å²) in [5.41, 5.74) is 2.37. The van der Waals surface area contributed by atoms with Crippen LogP contribution in [0.1, 0.15) is 61.3 Å². The van der Waals surface area contributed by atoms with Gasteiger partial charge in [0.05, 0.1) is 24.5 Å². The SMILES string of the molecule is COc1ccc(C2Sc3ccccc3N(CCCC3CCCCC3)C(=O)C2NC(=O)Cc2ccc(OP(=O)(O)O)cc2)cc1. The minimum absolute atomic E-state index is 0.000889. The lowest BCUT2D eigenvalue weighted by Gasteiger charge is -2.29. The Morgan fingerprint density at radius 1 is 0.977 bits per heavy atom. The molecule has 2 amide bonds. The Kier molecular flexibility index (Phi) is 10.7. The summed E-state index contributed by atoms with van der Waals surface area (Å²) in [6.45, 7) is 0.579. The van der Waals surface area contributed by atoms with Crippen molar-refractivity contribution in [3.8, 4) is 11.5 Å². The van der Waals surface area contributed by atoms with E-state index < -0.39 is 13.9 Å². The molecule has 9 nitrogen and oxygen atoms in total. The van der Waals surface area contributed by atoms with Gasteiger partial charge in [0.2, 0.25) is 5.91 Å². The van der Waals surface area contributed by atoms with E-state index in [2.05, 4.69) is 9.84 Å². The first-order valence-electron chi connectivity index (χ1n) is 15.0. The molecule has 0 spiro atoms. The molecule has 3 aromatic rings. The number of rotatable bonds is 11. The van der Waals surface area contributed by atoms with Crippen LogP contribution in [0.15, 0.2) is 77.7 Å². The van der Waals surface area contributed by atoms with Crippen LogP contribution in [0.4, 0.5) is 5.69 Å². The van der Waals surface area contributed by atoms with Gasteiger partial charge in [-0.25, -0.2) is 4.57 Å². The molecule has 3 N–H and O–H groups in total. The van der Waals surface area contributed by atoms with Gasteiger partial charge >= 0.3 is 7.82 Å². The minimum Gasteiger partial charge on any atom is -0.497 e. The Morgan fingerprint density at radius 3 is 2.34 bits per heavy atom. The number of anilines is 1. The molecule has 11 heteroatoms. The van der Waals surface area contributed by atoms with Crippen LogP contribution in [0, 0.1) is 5.92 Å². The predicted molar refractivity (Wildman–Crippen MR) is 171 cm³/mol. The lowest BCUT2D eigenvalue weighted by atomic mass is 9.86. The van der Waals surface area contributed by atoms with Crippen LogP contribution in [-0.4, -0.2) is 41.3 Å². The van der Waals surface area contributed by atoms with E-state index >= 15 is 0 Å². The highest BCUT2D eigenvalue weighted by Crippen LogP contribution is 2.46. The Balaban J connectivity index is 1.39. The third kappa shape index (κ3) is 8.45. The summed E-state index contributed by atoms with van der Waals surface area (Å²) in [4.78, 5) is 48.8. The van der Waals surface area contributed by atoms with E-state index in [1.54, 1.807) is 31.0 Å². The second kappa shape index (κ2) is 14.7. The zero-order valence-corrected chi connectivity index (χ0v) is 26.5. The van der Waals surface area contributed by atoms with Crippen molar-refractivity contribution < 1.29 is 33.2 Å². The first kappa shape index (κ1) is 32.1. The van der Waals surface area contributed by atoms with Gasteiger partial charge in [-0.05, 0) is 66.3 Å². The molecular weight excluding hydrogens is 599 g/mol. The van der Waals surface area contributed by atoms with Crippen molar-refractivity contribution >= 4 is 37.1 Å². The van der Waals surface area contributed by atoms with E-state index in [4.69, 9.17) is 14.5 Å². The molecule has 0 bridgehead atoms. The summed E-state index contributed by atoms with van der Waals surface area (Å²) in [6.07, 6.45) is 8.34. The van der Waals surface area contributed by atoms with Gasteiger partial charge in [-0.1, -0.05) is 68.5 Å². The van der Waals surface area contributed by atoms with Gasteiger partial charge < -0.3 is 19.5 Å². The van der Waals surface area contributed by atoms with Crippen molar-refractivity contribution in [3.63, 3.8) is 0 Å². The van der Waals surface area contributed by atoms with Gasteiger partial charge in [0.1, 0.15) is 17.5 Å². The molecule has 44 heavy (non-hydrogen) atoms. The number of amides is 2. The van der Waals surface area contributed by atoms with Gasteiger partial charge in [0.25, 0.3) is 5.91 Å². The summed E-state index contributed by atoms with van der Waals surface area (Å²) < 4.78 is 21.1. The number of carbonyl (C=O) groups excluding carboxylic acids is 2. The summed E-state index contributed by atoms with van der Waals surface area (Å²) in [6, 6.07) is 20.6. The van der Waals surface area contributed by atoms with Gasteiger partial charge in [-0.15, -0.1) is 11.8 Å². The third-order valence-electron chi connectivity index (χ3n) is 8.24. The number of carbonyl (C=O) groups is 2. The molecule has 2 unspecified atom stereocenters. The second-order valence-electron chi connectivity index (χ2n) is 11.4. The van der Waals surface area contributed by atoms with Crippen LogP contribution < -0.4 is 19.5 Å². The molecule has 3 aromatic carbocycles. The first-order valence-corrected chi connectivity index (χ1v) is 17.5. The van der Waals surface area contributed by atoms with Gasteiger partial charge in [-0.2, -0.15) is 0 Å². The second-order valence-corrected chi connectivity index (χ2v) is 13.7. The van der Waals surface area contributed by atoms with Gasteiger partial charge in [-0.3, -0.25) is 19.4 Å². The highest BCUT2D eigenvalue weighted by molar-refractivity contribution is 7.99. The van der Waals surface area contributed by atoms with Crippen LogP contribution in [0.2, 0.25) is 0 Å². The van der Waals surface area contributed by atoms with Crippen molar-refractivity contribution in [1.82, 2.24) is 5.32 Å². The third-order valence-corrected chi connectivity index (χ3v) is 10.1. The summed E-state index contributed by atoms with van der Waals surface area (Å²) in [7, 11) is -3.08. The number of ether oxygens (including phenoxy) is 1. The van der Waals surface area contributed by atoms with E-state index in [-0.39, 0.29) is 29.2 Å². The number of hydrogen-bond donors (Lipinski definition) is 3. The monoisotopic (exact) mass is 638 g/mol. The van der Waals surface area contributed by atoms with E-state index in [0.717, 1.165) is 29.0 Å². The van der Waals surface area contributed by atoms with Crippen LogP contribution in [0.3, 0.4) is 0 Å². The Labute approximate surface area is 262 Å². The molecule has 1 fully saturated rings. The number of benzene rings is 3. The topological polar surface area (TPSA) is 125 Å². The van der Waals surface area contributed by atoms with E-state index in [0.29, 0.717) is 23.8 Å². The fourth-order valence-electron chi connectivity index (χ4n) is 6.05. The molecule has 2 atom stereocenters. The van der Waals surface area contributed by atoms with Crippen molar-refractivity contribution in [2.75, 3.05) is 18.6 Å². The number of fused-ring (bicyclic) bond motifs is 1. The molecule has 0 aromatic heterocycles. The molecule has 5 rings (SSSR count). The molecule has 1 saturated carbocycles. The van der Waals surface area contributed by atoms with Gasteiger partial charge in [0, 0.05) is 11.4 Å². The number of thioether (sulfide) groups is 1. The maximum atomic E-state index is 14.4. The number of phosphoric ester groups is 1. The Morgan fingerprint density at radius 2 is 1.66 bits per heavy atom. The number of nitrogens with zero attached hydrogens (tertiary/aromatic N) is 1. The minimum atomic E-state index is -4.69. The molecule has 1 aliphatic carbocycles. The molecule has 1 heterocycles. The zero-order valence-electron chi connectivity index (χ0n) is 24.8. The number of methoxy groups -OCH3 is 1. The van der Waals surface area contributed by atoms with Crippen LogP contribution in [-0.2, 0) is 20.6 Å². The lowest BCUT2D eigenvalue weighted by molar-refractivity contribution is -0.127. The Bertz CT molecular complexity index is 1470. The van der Waals surface area contributed by atoms with Crippen molar-refractivity contribution in [2.24, 2.45) is 5.92 Å². The highest BCUT2D eigenvalue weighted by Gasteiger charge is 2.39. The average molecular weight is 639 g/mol. The van der Waals surface area contributed by atoms with E-state index in [9.17, 15) is 14.2 Å². The molecular formula is C33H39N2O7PS. The molecule has 234 valence electrons. The number of phosphoric acid groups is 1. The largest absolute Gasteiger partial charge is 0.524 e. The fraction of sp³-hybridized carbons (Fsp3) is 0.394. The molecule has 0 saturated heterocycles. The molecule has 2 aliphatic rings. The van der Waals surface area contributed by atoms with Gasteiger partial charge in [0.15, 0.2) is 0 Å². The van der Waals surface area contributed by atoms with Crippen molar-refractivity contribution in [1.29, 1.82) is 0 Å². The lowest BCUT2D eigenvalue weighted by Crippen LogP contribution is -2.51. The number of hydrogen-bond acceptors (Lipinski definition) is 6. The number of nitrogens with one attached hydrogen (secondary N) is 1. The first-order chi connectivity index (χ1) is 21.2. The average Bonchev–Trinajstić information content (AvgIpc) is 3.12. The Hall–Kier alpha value is -3.30. The quantitative estimate of drug-likeness (QED) is 0.205. The standard InChI is InChI=1S/C33H39N2O7PS/c1-41-26-19-15-25(16-20-26)32-31(34-30(36)22-24-13-17-27(18-14-24)42-43(38,39)40)33(37)35(28-11-5-6-12-29(28)44-32)21-7-10-23-8-3-2-4-9-23/h5-6,11-20,23,31-32H,2-4,7-10,21-22H2,1H3,(H,34,36)(H2,38,39,40). The number of para-hydroxylation sites is 1. The van der Waals surface area contributed by atoms with Crippen LogP contribution in [0.25, 0.3) is 0 Å². The molecule has 1 aliphatic heterocycles. The van der Waals surface area contributed by atoms with Crippen molar-refractivity contribution in [2.45, 2.75) is 67.6 Å². The fourth-order valence-corrected chi connectivity index (χ4v) is 7.79. The predicted octanol–water partition coefficient (Wildman–Crippen LogP) is 6.43. The smallest absolute Gasteiger partial charge is 0.497 e. The van der Waals surface area contributed by atoms with Crippen LogP contribution >= 0.6 is 19.6 Å². The zero-order chi connectivity index (χ0) is 31.1. The van der Waals surface area contributed by atoms with Crippen molar-refractivity contribution in [3.05, 3.63) is 83.9 Å². The van der Waals surface area contributed by atoms with Crippen LogP contribution in [0.5, 0.6) is 11.5 Å². The maximum Gasteiger partial charge on any atom is 0.524 e. The maximum absolute atomic E-state index is 14.4. The summed E-state index contributed by atoms with van der Waals surface area (Å²) >= 11 is 1.57. The summed E-state index contributed by atoms with van der Waals surface area (Å²) in [5, 5.41) is 2.67. The van der Waals surface area contributed by atoms with E-state index in [1.807, 2.05) is 53.4 Å². The molecule has 0 radical (unpaired) electrons. The normalized spacial score (nSPS) is 19.2. The van der Waals surface area contributed by atoms with E-state index in [1.165, 1.54) is 44.2 Å².